The highest BCUT2D eigenvalue weighted by atomic mass is 16.5. The van der Waals surface area contributed by atoms with Crippen molar-refractivity contribution in [1.82, 2.24) is 5.32 Å². The van der Waals surface area contributed by atoms with Crippen molar-refractivity contribution in [2.45, 2.75) is 13.5 Å². The normalized spacial score (nSPS) is 10.1. The Hall–Kier alpha value is -3.42. The van der Waals surface area contributed by atoms with E-state index in [-0.39, 0.29) is 12.2 Å². The van der Waals surface area contributed by atoms with E-state index in [1.54, 1.807) is 31.2 Å². The van der Waals surface area contributed by atoms with Crippen molar-refractivity contribution in [1.29, 1.82) is 0 Å². The number of amides is 2. The first kappa shape index (κ1) is 17.9. The quantitative estimate of drug-likeness (QED) is 0.321. The predicted octanol–water partition coefficient (Wildman–Crippen LogP) is 2.30. The number of anilines is 1. The lowest BCUT2D eigenvalue weighted by Crippen LogP contribution is -2.28. The minimum atomic E-state index is -0.660. The Morgan fingerprint density at radius 3 is 2.20 bits per heavy atom. The summed E-state index contributed by atoms with van der Waals surface area (Å²) in [5.41, 5.74) is 1.30. The second-order valence-electron chi connectivity index (χ2n) is 5.09. The van der Waals surface area contributed by atoms with Gasteiger partial charge in [-0.15, -0.1) is 0 Å². The average Bonchev–Trinajstić information content (AvgIpc) is 2.58. The van der Waals surface area contributed by atoms with Crippen LogP contribution in [-0.2, 0) is 11.3 Å². The predicted molar refractivity (Wildman–Crippen MR) is 89.7 cm³/mol. The van der Waals surface area contributed by atoms with E-state index >= 15 is 0 Å². The Kier molecular flexibility index (Phi) is 5.67. The molecule has 0 saturated heterocycles. The maximum atomic E-state index is 11.8. The summed E-state index contributed by atoms with van der Waals surface area (Å²) in [4.78, 5) is 23.4. The molecule has 5 N–H and O–H groups in total. The number of benzene rings is 2. The second-order valence-corrected chi connectivity index (χ2v) is 5.09. The molecule has 0 fully saturated rings. The monoisotopic (exact) mass is 346 g/mol. The molecule has 0 bridgehead atoms. The van der Waals surface area contributed by atoms with Crippen molar-refractivity contribution in [2.24, 2.45) is 0 Å². The molecule has 0 aliphatic heterocycles. The van der Waals surface area contributed by atoms with Crippen LogP contribution >= 0.6 is 0 Å². The number of ether oxygens (including phenoxy) is 1. The van der Waals surface area contributed by atoms with Gasteiger partial charge in [0.15, 0.2) is 17.2 Å². The van der Waals surface area contributed by atoms with Gasteiger partial charge in [0.1, 0.15) is 0 Å². The third-order valence-electron chi connectivity index (χ3n) is 3.25. The van der Waals surface area contributed by atoms with Crippen molar-refractivity contribution in [2.75, 3.05) is 11.9 Å². The van der Waals surface area contributed by atoms with Crippen LogP contribution < -0.4 is 10.6 Å². The first-order valence-electron chi connectivity index (χ1n) is 7.46. The Bertz CT molecular complexity index is 750. The number of hydrogen-bond acceptors (Lipinski definition) is 6. The van der Waals surface area contributed by atoms with Crippen LogP contribution in [0.15, 0.2) is 36.4 Å². The van der Waals surface area contributed by atoms with Gasteiger partial charge in [0, 0.05) is 18.7 Å². The minimum absolute atomic E-state index is 0.114. The van der Waals surface area contributed by atoms with Gasteiger partial charge in [0.25, 0.3) is 0 Å². The fraction of sp³-hybridized carbons (Fsp3) is 0.176. The fourth-order valence-electron chi connectivity index (χ4n) is 2.01. The van der Waals surface area contributed by atoms with Crippen molar-refractivity contribution in [3.63, 3.8) is 0 Å². The van der Waals surface area contributed by atoms with Gasteiger partial charge in [-0.05, 0) is 24.6 Å². The molecular formula is C17H18N2O6. The van der Waals surface area contributed by atoms with E-state index in [2.05, 4.69) is 10.6 Å². The zero-order chi connectivity index (χ0) is 18.4. The van der Waals surface area contributed by atoms with Crippen LogP contribution in [0.25, 0.3) is 0 Å². The van der Waals surface area contributed by atoms with Gasteiger partial charge in [-0.3, -0.25) is 0 Å². The molecular weight excluding hydrogens is 328 g/mol. The zero-order valence-electron chi connectivity index (χ0n) is 13.4. The summed E-state index contributed by atoms with van der Waals surface area (Å²) in [5.74, 6) is -2.17. The number of nitrogens with one attached hydrogen (secondary N) is 2. The highest BCUT2D eigenvalue weighted by molar-refractivity contribution is 5.90. The summed E-state index contributed by atoms with van der Waals surface area (Å²) in [6.45, 7) is 2.22. The van der Waals surface area contributed by atoms with Gasteiger partial charge >= 0.3 is 12.0 Å². The molecule has 0 unspecified atom stereocenters. The van der Waals surface area contributed by atoms with Gasteiger partial charge in [-0.25, -0.2) is 9.59 Å². The Balaban J connectivity index is 1.91. The summed E-state index contributed by atoms with van der Waals surface area (Å²) in [5, 5.41) is 33.0. The topological polar surface area (TPSA) is 128 Å². The molecule has 8 heteroatoms. The number of urea groups is 1. The summed E-state index contributed by atoms with van der Waals surface area (Å²) in [7, 11) is 0. The largest absolute Gasteiger partial charge is 0.504 e. The Labute approximate surface area is 143 Å². The number of aromatic hydroxyl groups is 3. The van der Waals surface area contributed by atoms with Gasteiger partial charge in [0.05, 0.1) is 17.9 Å². The summed E-state index contributed by atoms with van der Waals surface area (Å²) in [6, 6.07) is 8.20. The summed E-state index contributed by atoms with van der Waals surface area (Å²) >= 11 is 0. The first-order valence-corrected chi connectivity index (χ1v) is 7.46. The second kappa shape index (κ2) is 7.91. The molecule has 132 valence electrons. The number of rotatable bonds is 5. The van der Waals surface area contributed by atoms with Gasteiger partial charge in [-0.2, -0.15) is 0 Å². The molecule has 0 aliphatic carbocycles. The Morgan fingerprint density at radius 2 is 1.64 bits per heavy atom. The molecule has 0 saturated carbocycles. The molecule has 0 atom stereocenters. The maximum Gasteiger partial charge on any atom is 0.338 e. The van der Waals surface area contributed by atoms with Crippen LogP contribution in [0, 0.1) is 0 Å². The first-order chi connectivity index (χ1) is 11.9. The van der Waals surface area contributed by atoms with Crippen molar-refractivity contribution in [3.8, 4) is 17.2 Å². The Morgan fingerprint density at radius 1 is 1.04 bits per heavy atom. The molecule has 0 aliphatic rings. The van der Waals surface area contributed by atoms with Gasteiger partial charge < -0.3 is 30.7 Å². The molecule has 2 aromatic carbocycles. The van der Waals surface area contributed by atoms with E-state index in [1.807, 2.05) is 0 Å². The molecule has 0 aromatic heterocycles. The highest BCUT2D eigenvalue weighted by Gasteiger charge is 2.10. The van der Waals surface area contributed by atoms with Crippen LogP contribution in [0.3, 0.4) is 0 Å². The van der Waals surface area contributed by atoms with E-state index in [4.69, 9.17) is 4.74 Å². The number of carbonyl (C=O) groups is 2. The van der Waals surface area contributed by atoms with Crippen molar-refractivity contribution in [3.05, 3.63) is 47.5 Å². The lowest BCUT2D eigenvalue weighted by atomic mass is 10.1. The number of phenols is 3. The molecule has 2 amide bonds. The van der Waals surface area contributed by atoms with E-state index in [0.29, 0.717) is 12.2 Å². The van der Waals surface area contributed by atoms with Crippen molar-refractivity contribution >= 4 is 17.7 Å². The van der Waals surface area contributed by atoms with Gasteiger partial charge in [0.2, 0.25) is 0 Å². The van der Waals surface area contributed by atoms with Crippen LogP contribution in [-0.4, -0.2) is 33.9 Å². The summed E-state index contributed by atoms with van der Waals surface area (Å²) in [6.07, 6.45) is 0. The molecule has 0 radical (unpaired) electrons. The van der Waals surface area contributed by atoms with E-state index in [1.165, 1.54) is 0 Å². The maximum absolute atomic E-state index is 11.8. The number of carbonyl (C=O) groups excluding carboxylic acids is 2. The summed E-state index contributed by atoms with van der Waals surface area (Å²) < 4.78 is 4.88. The van der Waals surface area contributed by atoms with E-state index in [9.17, 15) is 24.9 Å². The van der Waals surface area contributed by atoms with Crippen LogP contribution in [0.4, 0.5) is 10.5 Å². The smallest absolute Gasteiger partial charge is 0.338 e. The SMILES string of the molecule is CCOC(=O)c1ccc(CNC(=O)Nc2cc(O)c(O)c(O)c2)cc1. The molecule has 25 heavy (non-hydrogen) atoms. The molecule has 2 aromatic rings. The number of esters is 1. The standard InChI is InChI=1S/C17H18N2O6/c1-2-25-16(23)11-5-3-10(4-6-11)9-18-17(24)19-12-7-13(20)15(22)14(21)8-12/h3-8,20-22H,2,9H2,1H3,(H2,18,19,24). The fourth-order valence-corrected chi connectivity index (χ4v) is 2.01. The number of phenolic OH excluding ortho intramolecular Hbond substituents is 3. The van der Waals surface area contributed by atoms with Crippen molar-refractivity contribution < 1.29 is 29.6 Å². The lowest BCUT2D eigenvalue weighted by Gasteiger charge is -2.10. The molecule has 2 rings (SSSR count). The third-order valence-corrected chi connectivity index (χ3v) is 3.25. The van der Waals surface area contributed by atoms with E-state index in [0.717, 1.165) is 17.7 Å². The van der Waals surface area contributed by atoms with Crippen LogP contribution in [0.2, 0.25) is 0 Å². The van der Waals surface area contributed by atoms with Crippen LogP contribution in [0.5, 0.6) is 17.2 Å². The van der Waals surface area contributed by atoms with Gasteiger partial charge in [-0.1, -0.05) is 12.1 Å². The molecule has 0 spiro atoms. The van der Waals surface area contributed by atoms with E-state index < -0.39 is 29.2 Å². The molecule has 8 nitrogen and oxygen atoms in total. The average molecular weight is 346 g/mol. The lowest BCUT2D eigenvalue weighted by molar-refractivity contribution is 0.0526. The highest BCUT2D eigenvalue weighted by Crippen LogP contribution is 2.37. The third kappa shape index (κ3) is 4.77. The number of hydrogen-bond donors (Lipinski definition) is 5. The molecule has 0 heterocycles. The zero-order valence-corrected chi connectivity index (χ0v) is 13.4. The van der Waals surface area contributed by atoms with Crippen LogP contribution in [0.1, 0.15) is 22.8 Å². The minimum Gasteiger partial charge on any atom is -0.504 e.